The first-order valence-electron chi connectivity index (χ1n) is 6.04. The van der Waals surface area contributed by atoms with Gasteiger partial charge in [0.05, 0.1) is 0 Å². The van der Waals surface area contributed by atoms with Gasteiger partial charge in [0.25, 0.3) is 0 Å². The number of hydrogen-bond donors (Lipinski definition) is 2. The number of carbonyl (C=O) groups excluding carboxylic acids is 1. The first kappa shape index (κ1) is 12.8. The lowest BCUT2D eigenvalue weighted by molar-refractivity contribution is -0.121. The van der Waals surface area contributed by atoms with Gasteiger partial charge in [-0.15, -0.1) is 0 Å². The quantitative estimate of drug-likeness (QED) is 0.748. The van der Waals surface area contributed by atoms with Crippen LogP contribution in [0.4, 0.5) is 0 Å². The molecule has 17 heavy (non-hydrogen) atoms. The second kappa shape index (κ2) is 3.68. The number of carbonyl (C=O) groups is 1. The first-order chi connectivity index (χ1) is 7.74. The number of primary sulfonamides is 1. The average molecular weight is 260 g/mol. The Bertz CT molecular complexity index is 434. The van der Waals surface area contributed by atoms with Crippen LogP contribution in [-0.4, -0.2) is 25.6 Å². The molecule has 0 atom stereocenters. The topological polar surface area (TPSA) is 89.3 Å². The van der Waals surface area contributed by atoms with Gasteiger partial charge in [-0.05, 0) is 37.0 Å². The number of nitrogens with one attached hydrogen (secondary N) is 1. The van der Waals surface area contributed by atoms with Crippen molar-refractivity contribution in [1.29, 1.82) is 0 Å². The Hall–Kier alpha value is -0.620. The van der Waals surface area contributed by atoms with Crippen LogP contribution in [0.2, 0.25) is 0 Å². The molecule has 0 aromatic rings. The van der Waals surface area contributed by atoms with Crippen LogP contribution in [0.1, 0.15) is 39.5 Å². The minimum absolute atomic E-state index is 0.185. The lowest BCUT2D eigenvalue weighted by atomic mass is 9.92. The summed E-state index contributed by atoms with van der Waals surface area (Å²) in [7, 11) is -3.77. The molecule has 2 aliphatic rings. The Labute approximate surface area is 102 Å². The summed E-state index contributed by atoms with van der Waals surface area (Å²) in [6, 6.07) is 0. The maximum absolute atomic E-state index is 11.9. The fraction of sp³-hybridized carbons (Fsp3) is 0.909. The van der Waals surface area contributed by atoms with Gasteiger partial charge >= 0.3 is 0 Å². The van der Waals surface area contributed by atoms with Crippen molar-refractivity contribution in [3.05, 3.63) is 0 Å². The summed E-state index contributed by atoms with van der Waals surface area (Å²) >= 11 is 0. The zero-order chi connectivity index (χ0) is 12.9. The standard InChI is InChI=1S/C11H20N2O3S/c1-8(2)10(3-4-10)7-13-9(14)11(5-6-11)17(12,15)16/h8H,3-7H2,1-2H3,(H,13,14)(H2,12,15,16). The van der Waals surface area contributed by atoms with Gasteiger partial charge in [-0.3, -0.25) is 4.79 Å². The molecule has 0 radical (unpaired) electrons. The fourth-order valence-corrected chi connectivity index (χ4v) is 3.29. The molecular weight excluding hydrogens is 240 g/mol. The van der Waals surface area contributed by atoms with Gasteiger partial charge in [-0.25, -0.2) is 13.6 Å². The fourth-order valence-electron chi connectivity index (χ4n) is 2.29. The number of nitrogens with two attached hydrogens (primary N) is 1. The van der Waals surface area contributed by atoms with Gasteiger partial charge in [0.2, 0.25) is 15.9 Å². The monoisotopic (exact) mass is 260 g/mol. The molecule has 2 aliphatic carbocycles. The third-order valence-corrected chi connectivity index (χ3v) is 6.06. The summed E-state index contributed by atoms with van der Waals surface area (Å²) in [5.74, 6) is 0.0966. The molecule has 1 amide bonds. The Kier molecular flexibility index (Phi) is 2.78. The number of rotatable bonds is 5. The van der Waals surface area contributed by atoms with E-state index in [1.807, 2.05) is 0 Å². The van der Waals surface area contributed by atoms with Gasteiger partial charge in [0, 0.05) is 6.54 Å². The lowest BCUT2D eigenvalue weighted by Crippen LogP contribution is -2.47. The molecule has 98 valence electrons. The van der Waals surface area contributed by atoms with E-state index in [1.54, 1.807) is 0 Å². The highest BCUT2D eigenvalue weighted by Crippen LogP contribution is 2.51. The predicted molar refractivity (Wildman–Crippen MR) is 64.6 cm³/mol. The summed E-state index contributed by atoms with van der Waals surface area (Å²) in [4.78, 5) is 11.9. The second-order valence-electron chi connectivity index (χ2n) is 5.74. The summed E-state index contributed by atoms with van der Waals surface area (Å²) < 4.78 is 21.4. The molecule has 2 fully saturated rings. The van der Waals surface area contributed by atoms with E-state index in [0.29, 0.717) is 25.3 Å². The summed E-state index contributed by atoms with van der Waals surface area (Å²) in [6.45, 7) is 4.83. The van der Waals surface area contributed by atoms with Crippen LogP contribution in [0.25, 0.3) is 0 Å². The van der Waals surface area contributed by atoms with Crippen molar-refractivity contribution < 1.29 is 13.2 Å². The molecule has 0 spiro atoms. The number of hydrogen-bond acceptors (Lipinski definition) is 3. The summed E-state index contributed by atoms with van der Waals surface area (Å²) in [5.41, 5.74) is 0.185. The van der Waals surface area contributed by atoms with E-state index in [1.165, 1.54) is 0 Å². The largest absolute Gasteiger partial charge is 0.354 e. The zero-order valence-electron chi connectivity index (χ0n) is 10.3. The highest BCUT2D eigenvalue weighted by molar-refractivity contribution is 7.91. The molecular formula is C11H20N2O3S. The van der Waals surface area contributed by atoms with Crippen LogP contribution in [0.3, 0.4) is 0 Å². The van der Waals surface area contributed by atoms with Crippen LogP contribution >= 0.6 is 0 Å². The van der Waals surface area contributed by atoms with Crippen LogP contribution in [0.15, 0.2) is 0 Å². The molecule has 0 bridgehead atoms. The van der Waals surface area contributed by atoms with E-state index in [4.69, 9.17) is 5.14 Å². The van der Waals surface area contributed by atoms with E-state index in [9.17, 15) is 13.2 Å². The molecule has 0 aliphatic heterocycles. The predicted octanol–water partition coefficient (Wildman–Crippen LogP) is 0.360. The molecule has 0 aromatic heterocycles. The van der Waals surface area contributed by atoms with Crippen molar-refractivity contribution in [2.75, 3.05) is 6.54 Å². The van der Waals surface area contributed by atoms with Crippen molar-refractivity contribution >= 4 is 15.9 Å². The third-order valence-electron chi connectivity index (χ3n) is 4.38. The minimum atomic E-state index is -3.77. The molecule has 0 heterocycles. The summed E-state index contributed by atoms with van der Waals surface area (Å²) in [6.07, 6.45) is 2.92. The van der Waals surface area contributed by atoms with E-state index >= 15 is 0 Å². The Morgan fingerprint density at radius 1 is 1.29 bits per heavy atom. The second-order valence-corrected chi connectivity index (χ2v) is 7.61. The molecule has 6 heteroatoms. The van der Waals surface area contributed by atoms with Crippen molar-refractivity contribution in [3.8, 4) is 0 Å². The van der Waals surface area contributed by atoms with Gasteiger partial charge in [0.1, 0.15) is 0 Å². The maximum atomic E-state index is 11.9. The van der Waals surface area contributed by atoms with E-state index in [0.717, 1.165) is 12.8 Å². The van der Waals surface area contributed by atoms with Gasteiger partial charge in [-0.1, -0.05) is 13.8 Å². The smallest absolute Gasteiger partial charge is 0.242 e. The Morgan fingerprint density at radius 2 is 1.82 bits per heavy atom. The molecule has 0 aromatic carbocycles. The van der Waals surface area contributed by atoms with E-state index in [-0.39, 0.29) is 5.41 Å². The number of amides is 1. The average Bonchev–Trinajstić information content (AvgIpc) is 3.06. The Balaban J connectivity index is 1.96. The van der Waals surface area contributed by atoms with Crippen molar-refractivity contribution in [3.63, 3.8) is 0 Å². The van der Waals surface area contributed by atoms with Crippen molar-refractivity contribution in [2.45, 2.75) is 44.3 Å². The van der Waals surface area contributed by atoms with Crippen molar-refractivity contribution in [2.24, 2.45) is 16.5 Å². The van der Waals surface area contributed by atoms with Crippen molar-refractivity contribution in [1.82, 2.24) is 5.32 Å². The van der Waals surface area contributed by atoms with E-state index < -0.39 is 20.7 Å². The van der Waals surface area contributed by atoms with Crippen LogP contribution in [-0.2, 0) is 14.8 Å². The van der Waals surface area contributed by atoms with E-state index in [2.05, 4.69) is 19.2 Å². The number of sulfonamides is 1. The third kappa shape index (κ3) is 2.08. The molecule has 5 nitrogen and oxygen atoms in total. The SMILES string of the molecule is CC(C)C1(CNC(=O)C2(S(N)(=O)=O)CC2)CC1. The molecule has 0 unspecified atom stereocenters. The van der Waals surface area contributed by atoms with Crippen LogP contribution < -0.4 is 10.5 Å². The first-order valence-corrected chi connectivity index (χ1v) is 7.59. The summed E-state index contributed by atoms with van der Waals surface area (Å²) in [5, 5.41) is 7.88. The van der Waals surface area contributed by atoms with Gasteiger partial charge < -0.3 is 5.32 Å². The Morgan fingerprint density at radius 3 is 2.12 bits per heavy atom. The maximum Gasteiger partial charge on any atom is 0.242 e. The lowest BCUT2D eigenvalue weighted by Gasteiger charge is -2.21. The molecule has 3 N–H and O–H groups in total. The molecule has 2 rings (SSSR count). The van der Waals surface area contributed by atoms with Gasteiger partial charge in [0.15, 0.2) is 4.75 Å². The van der Waals surface area contributed by atoms with Crippen LogP contribution in [0, 0.1) is 11.3 Å². The highest BCUT2D eigenvalue weighted by Gasteiger charge is 2.60. The molecule has 0 saturated heterocycles. The van der Waals surface area contributed by atoms with Gasteiger partial charge in [-0.2, -0.15) is 0 Å². The normalized spacial score (nSPS) is 24.5. The zero-order valence-corrected chi connectivity index (χ0v) is 11.1. The highest BCUT2D eigenvalue weighted by atomic mass is 32.2. The van der Waals surface area contributed by atoms with Crippen LogP contribution in [0.5, 0.6) is 0 Å². The minimum Gasteiger partial charge on any atom is -0.354 e. The molecule has 2 saturated carbocycles.